The molecular formula is C34H47N5O3. The number of aromatic nitrogens is 3. The number of fused-ring (bicyclic) bond motifs is 1. The van der Waals surface area contributed by atoms with Gasteiger partial charge in [0.05, 0.1) is 12.2 Å². The molecule has 2 heterocycles. The van der Waals surface area contributed by atoms with Gasteiger partial charge in [0, 0.05) is 42.0 Å². The number of carbonyl (C=O) groups is 1. The monoisotopic (exact) mass is 573 g/mol. The molecule has 2 aromatic heterocycles. The average Bonchev–Trinajstić information content (AvgIpc) is 3.66. The van der Waals surface area contributed by atoms with Crippen LogP contribution in [0.4, 0.5) is 11.6 Å². The Labute approximate surface area is 249 Å². The molecule has 2 fully saturated rings. The lowest BCUT2D eigenvalue weighted by Crippen LogP contribution is -2.34. The van der Waals surface area contributed by atoms with E-state index in [1.807, 2.05) is 26.0 Å². The molecule has 0 amide bonds. The van der Waals surface area contributed by atoms with Crippen LogP contribution in [0.3, 0.4) is 0 Å². The van der Waals surface area contributed by atoms with Crippen molar-refractivity contribution in [3.63, 3.8) is 0 Å². The van der Waals surface area contributed by atoms with Gasteiger partial charge in [0.2, 0.25) is 5.95 Å². The number of nitrogens with zero attached hydrogens (tertiary/aromatic N) is 4. The fourth-order valence-electron chi connectivity index (χ4n) is 7.15. The fraction of sp³-hybridized carbons (Fsp3) is 0.588. The van der Waals surface area contributed by atoms with E-state index >= 15 is 0 Å². The highest BCUT2D eigenvalue weighted by molar-refractivity contribution is 5.99. The summed E-state index contributed by atoms with van der Waals surface area (Å²) >= 11 is 0. The second-order valence-electron chi connectivity index (χ2n) is 12.3. The number of benzene rings is 1. The third-order valence-corrected chi connectivity index (χ3v) is 9.43. The number of hydrogen-bond donors (Lipinski definition) is 1. The largest absolute Gasteiger partial charge is 0.493 e. The second-order valence-corrected chi connectivity index (χ2v) is 12.3. The van der Waals surface area contributed by atoms with Gasteiger partial charge in [0.25, 0.3) is 5.56 Å². The van der Waals surface area contributed by atoms with Crippen LogP contribution in [0, 0.1) is 19.8 Å². The maximum absolute atomic E-state index is 13.5. The average molecular weight is 574 g/mol. The molecule has 0 aliphatic heterocycles. The molecule has 1 aromatic carbocycles. The molecule has 42 heavy (non-hydrogen) atoms. The lowest BCUT2D eigenvalue weighted by Gasteiger charge is -2.27. The summed E-state index contributed by atoms with van der Waals surface area (Å²) in [5.41, 5.74) is 3.15. The van der Waals surface area contributed by atoms with E-state index < -0.39 is 0 Å². The Balaban J connectivity index is 1.31. The summed E-state index contributed by atoms with van der Waals surface area (Å²) in [4.78, 5) is 38.0. The zero-order chi connectivity index (χ0) is 29.8. The topological polar surface area (TPSA) is 89.4 Å². The van der Waals surface area contributed by atoms with Crippen molar-refractivity contribution >= 4 is 28.5 Å². The van der Waals surface area contributed by atoms with Crippen LogP contribution in [0.1, 0.15) is 106 Å². The minimum Gasteiger partial charge on any atom is -0.493 e. The Morgan fingerprint density at radius 1 is 1.12 bits per heavy atom. The minimum absolute atomic E-state index is 0.0470. The quantitative estimate of drug-likeness (QED) is 0.182. The summed E-state index contributed by atoms with van der Waals surface area (Å²) in [5, 5.41) is 4.09. The Morgan fingerprint density at radius 2 is 1.90 bits per heavy atom. The third-order valence-electron chi connectivity index (χ3n) is 9.43. The molecular weight excluding hydrogens is 526 g/mol. The van der Waals surface area contributed by atoms with Gasteiger partial charge >= 0.3 is 0 Å². The molecule has 2 atom stereocenters. The first kappa shape index (κ1) is 30.2. The number of Topliss-reactive ketones (excluding diaryl/α,β-unsaturated/α-hetero) is 1. The SMILES string of the molecule is CCC1CCC(N(CC)CCCOc2cc(C)cc(Nc3ncc4c(C)c(C(C)=O)c(=O)n(C5CCCC5)c4n3)c2)C1. The van der Waals surface area contributed by atoms with Crippen LogP contribution in [0.15, 0.2) is 29.2 Å². The van der Waals surface area contributed by atoms with E-state index in [1.54, 1.807) is 10.8 Å². The number of anilines is 2. The first-order valence-electron chi connectivity index (χ1n) is 16.0. The first-order chi connectivity index (χ1) is 20.3. The van der Waals surface area contributed by atoms with E-state index in [4.69, 9.17) is 9.72 Å². The van der Waals surface area contributed by atoms with Crippen molar-refractivity contribution < 1.29 is 9.53 Å². The van der Waals surface area contributed by atoms with Gasteiger partial charge in [0.1, 0.15) is 11.4 Å². The molecule has 1 N–H and O–H groups in total. The van der Waals surface area contributed by atoms with Crippen LogP contribution in [-0.2, 0) is 0 Å². The summed E-state index contributed by atoms with van der Waals surface area (Å²) < 4.78 is 7.95. The molecule has 2 aliphatic rings. The molecule has 5 rings (SSSR count). The standard InChI is InChI=1S/C34H47N5O3/c1-6-25-13-14-28(19-25)38(7-2)15-10-16-42-29-18-22(3)17-26(20-29)36-34-35-21-30-23(4)31(24(5)40)33(41)39(32(30)37-34)27-11-8-9-12-27/h17-18,20-21,25,27-28H,6-16,19H2,1-5H3,(H,35,36,37). The summed E-state index contributed by atoms with van der Waals surface area (Å²) in [6, 6.07) is 6.84. The van der Waals surface area contributed by atoms with Crippen molar-refractivity contribution in [3.05, 3.63) is 51.4 Å². The number of aryl methyl sites for hydroxylation is 2. The zero-order valence-corrected chi connectivity index (χ0v) is 26.0. The van der Waals surface area contributed by atoms with Crippen LogP contribution in [-0.4, -0.2) is 51.0 Å². The van der Waals surface area contributed by atoms with Gasteiger partial charge in [0.15, 0.2) is 5.78 Å². The number of ketones is 1. The maximum Gasteiger partial charge on any atom is 0.263 e. The summed E-state index contributed by atoms with van der Waals surface area (Å²) in [5.74, 6) is 1.91. The summed E-state index contributed by atoms with van der Waals surface area (Å²) in [6.07, 6.45) is 12.0. The fourth-order valence-corrected chi connectivity index (χ4v) is 7.15. The second kappa shape index (κ2) is 13.4. The van der Waals surface area contributed by atoms with Gasteiger partial charge < -0.3 is 15.0 Å². The maximum atomic E-state index is 13.5. The van der Waals surface area contributed by atoms with Gasteiger partial charge in [-0.25, -0.2) is 4.98 Å². The normalized spacial score (nSPS) is 19.2. The molecule has 0 radical (unpaired) electrons. The first-order valence-corrected chi connectivity index (χ1v) is 16.0. The molecule has 0 spiro atoms. The number of rotatable bonds is 12. The molecule has 3 aromatic rings. The van der Waals surface area contributed by atoms with E-state index in [0.29, 0.717) is 23.8 Å². The third kappa shape index (κ3) is 6.54. The van der Waals surface area contributed by atoms with E-state index in [1.165, 1.54) is 32.6 Å². The minimum atomic E-state index is -0.241. The number of ether oxygens (including phenoxy) is 1. The molecule has 0 saturated heterocycles. The van der Waals surface area contributed by atoms with Crippen LogP contribution in [0.5, 0.6) is 5.75 Å². The lowest BCUT2D eigenvalue weighted by molar-refractivity contribution is 0.101. The lowest BCUT2D eigenvalue weighted by atomic mass is 10.0. The molecule has 2 aliphatic carbocycles. The summed E-state index contributed by atoms with van der Waals surface area (Å²) in [7, 11) is 0. The number of hydrogen-bond acceptors (Lipinski definition) is 7. The summed E-state index contributed by atoms with van der Waals surface area (Å²) in [6.45, 7) is 12.7. The Hall–Kier alpha value is -3.26. The predicted octanol–water partition coefficient (Wildman–Crippen LogP) is 7.14. The van der Waals surface area contributed by atoms with Gasteiger partial charge in [-0.2, -0.15) is 4.98 Å². The molecule has 226 valence electrons. The van der Waals surface area contributed by atoms with E-state index in [0.717, 1.165) is 79.5 Å². The van der Waals surface area contributed by atoms with Crippen molar-refractivity contribution in [1.82, 2.24) is 19.4 Å². The predicted molar refractivity (Wildman–Crippen MR) is 169 cm³/mol. The van der Waals surface area contributed by atoms with Crippen LogP contribution in [0.2, 0.25) is 0 Å². The van der Waals surface area contributed by atoms with Crippen molar-refractivity contribution in [1.29, 1.82) is 0 Å². The van der Waals surface area contributed by atoms with Crippen molar-refractivity contribution in [2.75, 3.05) is 25.0 Å². The zero-order valence-electron chi connectivity index (χ0n) is 26.0. The van der Waals surface area contributed by atoms with Crippen molar-refractivity contribution in [3.8, 4) is 5.75 Å². The molecule has 2 unspecified atom stereocenters. The van der Waals surface area contributed by atoms with Crippen molar-refractivity contribution in [2.24, 2.45) is 5.92 Å². The highest BCUT2D eigenvalue weighted by Crippen LogP contribution is 2.33. The van der Waals surface area contributed by atoms with Crippen molar-refractivity contribution in [2.45, 2.75) is 104 Å². The number of nitrogens with one attached hydrogen (secondary N) is 1. The molecule has 0 bridgehead atoms. The number of carbonyl (C=O) groups excluding carboxylic acids is 1. The highest BCUT2D eigenvalue weighted by Gasteiger charge is 2.28. The van der Waals surface area contributed by atoms with Crippen LogP contribution < -0.4 is 15.6 Å². The molecule has 8 heteroatoms. The van der Waals surface area contributed by atoms with Gasteiger partial charge in [-0.1, -0.05) is 33.1 Å². The van der Waals surface area contributed by atoms with E-state index in [2.05, 4.69) is 35.1 Å². The van der Waals surface area contributed by atoms with E-state index in [9.17, 15) is 9.59 Å². The van der Waals surface area contributed by atoms with Gasteiger partial charge in [-0.15, -0.1) is 0 Å². The smallest absolute Gasteiger partial charge is 0.263 e. The van der Waals surface area contributed by atoms with Gasteiger partial charge in [-0.3, -0.25) is 14.2 Å². The Kier molecular flexibility index (Phi) is 9.61. The number of pyridine rings is 1. The van der Waals surface area contributed by atoms with Crippen LogP contribution in [0.25, 0.3) is 11.0 Å². The highest BCUT2D eigenvalue weighted by atomic mass is 16.5. The Bertz CT molecular complexity index is 1480. The Morgan fingerprint density at radius 3 is 2.60 bits per heavy atom. The van der Waals surface area contributed by atoms with Gasteiger partial charge in [-0.05, 0) is 95.0 Å². The molecule has 2 saturated carbocycles. The van der Waals surface area contributed by atoms with E-state index in [-0.39, 0.29) is 22.9 Å². The molecule has 8 nitrogen and oxygen atoms in total. The van der Waals surface area contributed by atoms with Crippen LogP contribution >= 0.6 is 0 Å².